The molecule has 0 unspecified atom stereocenters. The number of methoxy groups -OCH3 is 2. The Kier molecular flexibility index (Phi) is 6.79. The van der Waals surface area contributed by atoms with Crippen molar-refractivity contribution in [3.63, 3.8) is 0 Å². The number of nitro groups is 1. The number of rotatable bonds is 8. The predicted molar refractivity (Wildman–Crippen MR) is 126 cm³/mol. The summed E-state index contributed by atoms with van der Waals surface area (Å²) in [6, 6.07) is 10.5. The molecule has 1 amide bonds. The molecule has 0 atom stereocenters. The van der Waals surface area contributed by atoms with Crippen LogP contribution in [0.4, 0.5) is 11.4 Å². The summed E-state index contributed by atoms with van der Waals surface area (Å²) in [5.41, 5.74) is 2.42. The highest BCUT2D eigenvalue weighted by Gasteiger charge is 2.24. The summed E-state index contributed by atoms with van der Waals surface area (Å²) in [7, 11) is 3.12. The van der Waals surface area contributed by atoms with E-state index >= 15 is 0 Å². The van der Waals surface area contributed by atoms with Crippen LogP contribution in [0.2, 0.25) is 0 Å². The van der Waals surface area contributed by atoms with Crippen molar-refractivity contribution >= 4 is 28.2 Å². The van der Waals surface area contributed by atoms with E-state index in [1.54, 1.807) is 13.2 Å². The van der Waals surface area contributed by atoms with E-state index in [0.29, 0.717) is 18.2 Å². The summed E-state index contributed by atoms with van der Waals surface area (Å²) in [6.07, 6.45) is 4.39. The quantitative estimate of drug-likeness (QED) is 0.389. The van der Waals surface area contributed by atoms with Gasteiger partial charge < -0.3 is 24.7 Å². The first-order valence-corrected chi connectivity index (χ1v) is 11.0. The Hall–Kier alpha value is -3.59. The van der Waals surface area contributed by atoms with Gasteiger partial charge in [0.1, 0.15) is 17.2 Å². The second-order valence-corrected chi connectivity index (χ2v) is 8.21. The first kappa shape index (κ1) is 22.6. The van der Waals surface area contributed by atoms with Crippen LogP contribution in [0.3, 0.4) is 0 Å². The Morgan fingerprint density at radius 3 is 2.55 bits per heavy atom. The molecule has 0 bridgehead atoms. The van der Waals surface area contributed by atoms with Crippen LogP contribution in [0.5, 0.6) is 11.5 Å². The molecular weight excluding hydrogens is 424 g/mol. The minimum Gasteiger partial charge on any atom is -0.497 e. The topological polar surface area (TPSA) is 110 Å². The number of carbonyl (C=O) groups is 1. The van der Waals surface area contributed by atoms with E-state index in [0.717, 1.165) is 37.2 Å². The van der Waals surface area contributed by atoms with Gasteiger partial charge in [-0.1, -0.05) is 0 Å². The van der Waals surface area contributed by atoms with Gasteiger partial charge in [-0.25, -0.2) is 0 Å². The number of nitrogens with zero attached hydrogens (tertiary/aromatic N) is 2. The molecule has 174 valence electrons. The third kappa shape index (κ3) is 5.09. The number of H-pyrrole nitrogens is 1. The molecule has 1 aliphatic heterocycles. The first-order chi connectivity index (χ1) is 16.0. The summed E-state index contributed by atoms with van der Waals surface area (Å²) in [4.78, 5) is 28.8. The Labute approximate surface area is 191 Å². The maximum Gasteiger partial charge on any atom is 0.296 e. The summed E-state index contributed by atoms with van der Waals surface area (Å²) in [5, 5.41) is 15.2. The maximum atomic E-state index is 12.4. The lowest BCUT2D eigenvalue weighted by atomic mass is 9.89. The van der Waals surface area contributed by atoms with Crippen molar-refractivity contribution in [2.75, 3.05) is 39.2 Å². The Bertz CT molecular complexity index is 1150. The third-order valence-electron chi connectivity index (χ3n) is 6.28. The molecule has 0 radical (unpaired) electrons. The molecule has 9 nitrogen and oxygen atoms in total. The van der Waals surface area contributed by atoms with Crippen molar-refractivity contribution in [2.24, 2.45) is 0 Å². The molecule has 4 rings (SSSR count). The number of nitrogens with one attached hydrogen (secondary N) is 2. The minimum atomic E-state index is -0.525. The van der Waals surface area contributed by atoms with E-state index in [4.69, 9.17) is 9.47 Å². The van der Waals surface area contributed by atoms with Crippen LogP contribution < -0.4 is 14.8 Å². The lowest BCUT2D eigenvalue weighted by molar-refractivity contribution is -0.384. The zero-order valence-electron chi connectivity index (χ0n) is 18.8. The molecule has 1 aliphatic rings. The van der Waals surface area contributed by atoms with Gasteiger partial charge in [0.15, 0.2) is 0 Å². The van der Waals surface area contributed by atoms with Gasteiger partial charge in [-0.3, -0.25) is 14.9 Å². The lowest BCUT2D eigenvalue weighted by Gasteiger charge is -2.31. The van der Waals surface area contributed by atoms with E-state index in [1.165, 1.54) is 30.2 Å². The van der Waals surface area contributed by atoms with E-state index in [-0.39, 0.29) is 23.7 Å². The fourth-order valence-corrected chi connectivity index (χ4v) is 4.42. The lowest BCUT2D eigenvalue weighted by Crippen LogP contribution is -2.35. The van der Waals surface area contributed by atoms with Crippen LogP contribution in [0, 0.1) is 10.1 Å². The number of fused-ring (bicyclic) bond motifs is 1. The summed E-state index contributed by atoms with van der Waals surface area (Å²) in [5.74, 6) is 1.44. The van der Waals surface area contributed by atoms with Gasteiger partial charge in [0.2, 0.25) is 5.91 Å². The van der Waals surface area contributed by atoms with Crippen molar-refractivity contribution in [1.29, 1.82) is 0 Å². The Balaban J connectivity index is 1.30. The predicted octanol–water partition coefficient (Wildman–Crippen LogP) is 4.30. The molecule has 0 spiro atoms. The largest absolute Gasteiger partial charge is 0.497 e. The first-order valence-electron chi connectivity index (χ1n) is 11.0. The van der Waals surface area contributed by atoms with Crippen LogP contribution in [0.1, 0.15) is 30.7 Å². The van der Waals surface area contributed by atoms with Gasteiger partial charge >= 0.3 is 0 Å². The van der Waals surface area contributed by atoms with Crippen LogP contribution in [0.15, 0.2) is 42.6 Å². The monoisotopic (exact) mass is 452 g/mol. The molecule has 2 aromatic carbocycles. The third-order valence-corrected chi connectivity index (χ3v) is 6.28. The standard InChI is InChI=1S/C24H28N4O5/c1-32-17-3-5-21-19(13-17)20(15-25-21)16-7-10-27(11-8-16)12-9-24(29)26-22-6-4-18(33-2)14-23(22)28(30)31/h3-6,13-16,25H,7-12H2,1-2H3,(H,26,29). The summed E-state index contributed by atoms with van der Waals surface area (Å²) in [6.45, 7) is 2.42. The normalized spacial score (nSPS) is 14.8. The SMILES string of the molecule is COc1ccc(NC(=O)CCN2CCC(c3c[nH]c4ccc(OC)cc34)CC2)c([N+](=O)[O-])c1. The van der Waals surface area contributed by atoms with E-state index in [2.05, 4.69) is 27.5 Å². The molecule has 2 heterocycles. The number of carbonyl (C=O) groups excluding carboxylic acids is 1. The van der Waals surface area contributed by atoms with Crippen LogP contribution in [-0.2, 0) is 4.79 Å². The average molecular weight is 453 g/mol. The number of amides is 1. The number of hydrogen-bond acceptors (Lipinski definition) is 6. The molecule has 9 heteroatoms. The van der Waals surface area contributed by atoms with Crippen LogP contribution in [0.25, 0.3) is 10.9 Å². The van der Waals surface area contributed by atoms with Gasteiger partial charge in [0.25, 0.3) is 5.69 Å². The van der Waals surface area contributed by atoms with E-state index in [1.807, 2.05) is 12.1 Å². The van der Waals surface area contributed by atoms with Crippen molar-refractivity contribution in [3.05, 3.63) is 58.3 Å². The fraction of sp³-hybridized carbons (Fsp3) is 0.375. The summed E-state index contributed by atoms with van der Waals surface area (Å²) < 4.78 is 10.4. The number of anilines is 1. The highest BCUT2D eigenvalue weighted by molar-refractivity contribution is 5.93. The second kappa shape index (κ2) is 9.91. The van der Waals surface area contributed by atoms with Crippen LogP contribution in [-0.4, -0.2) is 54.6 Å². The maximum absolute atomic E-state index is 12.4. The smallest absolute Gasteiger partial charge is 0.296 e. The van der Waals surface area contributed by atoms with Gasteiger partial charge in [-0.2, -0.15) is 0 Å². The zero-order valence-corrected chi connectivity index (χ0v) is 18.8. The molecule has 0 aliphatic carbocycles. The number of benzene rings is 2. The second-order valence-electron chi connectivity index (χ2n) is 8.21. The van der Waals surface area contributed by atoms with Crippen molar-refractivity contribution in [1.82, 2.24) is 9.88 Å². The van der Waals surface area contributed by atoms with Gasteiger partial charge in [0, 0.05) is 30.1 Å². The van der Waals surface area contributed by atoms with Crippen LogP contribution >= 0.6 is 0 Å². The van der Waals surface area contributed by atoms with Crippen molar-refractivity contribution in [3.8, 4) is 11.5 Å². The molecule has 0 saturated carbocycles. The molecule has 3 aromatic rings. The molecule has 1 aromatic heterocycles. The van der Waals surface area contributed by atoms with E-state index in [9.17, 15) is 14.9 Å². The Morgan fingerprint density at radius 2 is 1.85 bits per heavy atom. The number of aromatic amines is 1. The zero-order chi connectivity index (χ0) is 23.4. The van der Waals surface area contributed by atoms with Crippen molar-refractivity contribution in [2.45, 2.75) is 25.2 Å². The number of likely N-dealkylation sites (tertiary alicyclic amines) is 1. The molecular formula is C24H28N4O5. The number of aromatic nitrogens is 1. The van der Waals surface area contributed by atoms with Gasteiger partial charge in [-0.05, 0) is 67.7 Å². The van der Waals surface area contributed by atoms with E-state index < -0.39 is 4.92 Å². The fourth-order valence-electron chi connectivity index (χ4n) is 4.42. The minimum absolute atomic E-state index is 0.180. The molecule has 1 fully saturated rings. The Morgan fingerprint density at radius 1 is 1.15 bits per heavy atom. The number of piperidine rings is 1. The number of ether oxygens (including phenoxy) is 2. The average Bonchev–Trinajstić information content (AvgIpc) is 3.26. The van der Waals surface area contributed by atoms with Gasteiger partial charge in [-0.15, -0.1) is 0 Å². The number of nitro benzene ring substituents is 1. The van der Waals surface area contributed by atoms with Crippen molar-refractivity contribution < 1.29 is 19.2 Å². The number of hydrogen-bond donors (Lipinski definition) is 2. The highest BCUT2D eigenvalue weighted by Crippen LogP contribution is 2.35. The molecule has 1 saturated heterocycles. The molecule has 2 N–H and O–H groups in total. The molecule has 33 heavy (non-hydrogen) atoms. The van der Waals surface area contributed by atoms with Gasteiger partial charge in [0.05, 0.1) is 25.2 Å². The highest BCUT2D eigenvalue weighted by atomic mass is 16.6. The summed E-state index contributed by atoms with van der Waals surface area (Å²) >= 11 is 0.